The van der Waals surface area contributed by atoms with Crippen molar-refractivity contribution in [3.05, 3.63) is 35.4 Å². The van der Waals surface area contributed by atoms with Gasteiger partial charge in [0, 0.05) is 12.7 Å². The first-order valence-corrected chi connectivity index (χ1v) is 6.82. The standard InChI is InChI=1S/C15H19NO4/c1-9-3-5-10(6-4-9)15(17)16-11-7-19-14-12(18-2)8-20-13(11)14/h3-6,11-14H,7-8H2,1-2H3,(H,16,17)/t11-,12+,13+,14+/m0/s1. The third-order valence-electron chi connectivity index (χ3n) is 3.94. The molecule has 5 heteroatoms. The lowest BCUT2D eigenvalue weighted by molar-refractivity contribution is -0.00817. The average molecular weight is 277 g/mol. The highest BCUT2D eigenvalue weighted by atomic mass is 16.6. The highest BCUT2D eigenvalue weighted by Crippen LogP contribution is 2.28. The Balaban J connectivity index is 1.64. The second kappa shape index (κ2) is 5.52. The fourth-order valence-electron chi connectivity index (χ4n) is 2.75. The van der Waals surface area contributed by atoms with E-state index in [0.29, 0.717) is 18.8 Å². The van der Waals surface area contributed by atoms with Gasteiger partial charge in [-0.05, 0) is 19.1 Å². The van der Waals surface area contributed by atoms with Gasteiger partial charge in [0.2, 0.25) is 0 Å². The van der Waals surface area contributed by atoms with Crippen LogP contribution in [0.15, 0.2) is 24.3 Å². The minimum Gasteiger partial charge on any atom is -0.376 e. The Morgan fingerprint density at radius 2 is 1.90 bits per heavy atom. The van der Waals surface area contributed by atoms with Crippen LogP contribution in [0.5, 0.6) is 0 Å². The number of amides is 1. The van der Waals surface area contributed by atoms with Crippen molar-refractivity contribution in [2.75, 3.05) is 20.3 Å². The second-order valence-electron chi connectivity index (χ2n) is 5.32. The first kappa shape index (κ1) is 13.5. The molecule has 1 aromatic carbocycles. The maximum absolute atomic E-state index is 12.2. The van der Waals surface area contributed by atoms with Crippen LogP contribution < -0.4 is 5.32 Å². The molecule has 0 saturated carbocycles. The van der Waals surface area contributed by atoms with E-state index in [4.69, 9.17) is 14.2 Å². The van der Waals surface area contributed by atoms with Gasteiger partial charge in [-0.15, -0.1) is 0 Å². The molecule has 2 aliphatic rings. The van der Waals surface area contributed by atoms with E-state index in [1.54, 1.807) is 7.11 Å². The van der Waals surface area contributed by atoms with Gasteiger partial charge in [-0.25, -0.2) is 0 Å². The van der Waals surface area contributed by atoms with Gasteiger partial charge in [-0.3, -0.25) is 4.79 Å². The molecule has 4 atom stereocenters. The van der Waals surface area contributed by atoms with Gasteiger partial charge in [0.15, 0.2) is 0 Å². The number of fused-ring (bicyclic) bond motifs is 1. The Labute approximate surface area is 118 Å². The maximum atomic E-state index is 12.2. The van der Waals surface area contributed by atoms with Crippen LogP contribution in [0.4, 0.5) is 0 Å². The number of aryl methyl sites for hydroxylation is 1. The van der Waals surface area contributed by atoms with Crippen LogP contribution in [0, 0.1) is 6.92 Å². The Hall–Kier alpha value is -1.43. The van der Waals surface area contributed by atoms with Crippen LogP contribution >= 0.6 is 0 Å². The molecule has 1 N–H and O–H groups in total. The molecule has 0 bridgehead atoms. The number of hydrogen-bond donors (Lipinski definition) is 1. The van der Waals surface area contributed by atoms with Crippen LogP contribution in [-0.2, 0) is 14.2 Å². The lowest BCUT2D eigenvalue weighted by atomic mass is 10.1. The van der Waals surface area contributed by atoms with Crippen LogP contribution in [0.1, 0.15) is 15.9 Å². The summed E-state index contributed by atoms with van der Waals surface area (Å²) in [5, 5.41) is 2.99. The quantitative estimate of drug-likeness (QED) is 0.892. The van der Waals surface area contributed by atoms with E-state index in [1.165, 1.54) is 0 Å². The summed E-state index contributed by atoms with van der Waals surface area (Å²) in [4.78, 5) is 12.2. The largest absolute Gasteiger partial charge is 0.376 e. The number of rotatable bonds is 3. The first-order valence-electron chi connectivity index (χ1n) is 6.82. The molecular formula is C15H19NO4. The summed E-state index contributed by atoms with van der Waals surface area (Å²) in [7, 11) is 1.65. The third kappa shape index (κ3) is 2.44. The van der Waals surface area contributed by atoms with E-state index in [1.807, 2.05) is 31.2 Å². The molecule has 2 fully saturated rings. The molecule has 0 aliphatic carbocycles. The Morgan fingerprint density at radius 3 is 2.60 bits per heavy atom. The number of methoxy groups -OCH3 is 1. The zero-order chi connectivity index (χ0) is 14.1. The third-order valence-corrected chi connectivity index (χ3v) is 3.94. The lowest BCUT2D eigenvalue weighted by Gasteiger charge is -2.17. The summed E-state index contributed by atoms with van der Waals surface area (Å²) in [6.45, 7) is 2.98. The molecule has 3 rings (SSSR count). The molecule has 20 heavy (non-hydrogen) atoms. The zero-order valence-electron chi connectivity index (χ0n) is 11.7. The molecule has 5 nitrogen and oxygen atoms in total. The van der Waals surface area contributed by atoms with Crippen molar-refractivity contribution in [1.29, 1.82) is 0 Å². The van der Waals surface area contributed by atoms with Crippen molar-refractivity contribution in [3.63, 3.8) is 0 Å². The Kier molecular flexibility index (Phi) is 3.74. The second-order valence-corrected chi connectivity index (χ2v) is 5.32. The topological polar surface area (TPSA) is 56.8 Å². The van der Waals surface area contributed by atoms with E-state index in [-0.39, 0.29) is 30.3 Å². The molecule has 2 saturated heterocycles. The van der Waals surface area contributed by atoms with Gasteiger partial charge in [-0.2, -0.15) is 0 Å². The molecular weight excluding hydrogens is 258 g/mol. The number of carbonyl (C=O) groups excluding carboxylic acids is 1. The molecule has 0 radical (unpaired) electrons. The van der Waals surface area contributed by atoms with Crippen molar-refractivity contribution >= 4 is 5.91 Å². The van der Waals surface area contributed by atoms with Gasteiger partial charge < -0.3 is 19.5 Å². The minimum atomic E-state index is -0.117. The summed E-state index contributed by atoms with van der Waals surface area (Å²) in [5.74, 6) is -0.0938. The molecule has 0 spiro atoms. The van der Waals surface area contributed by atoms with Gasteiger partial charge in [0.05, 0.1) is 19.3 Å². The molecule has 2 heterocycles. The number of benzene rings is 1. The highest BCUT2D eigenvalue weighted by Gasteiger charge is 2.48. The van der Waals surface area contributed by atoms with Gasteiger partial charge in [-0.1, -0.05) is 17.7 Å². The molecule has 0 aromatic heterocycles. The van der Waals surface area contributed by atoms with E-state index in [0.717, 1.165) is 5.56 Å². The monoisotopic (exact) mass is 277 g/mol. The fraction of sp³-hybridized carbons (Fsp3) is 0.533. The van der Waals surface area contributed by atoms with Gasteiger partial charge >= 0.3 is 0 Å². The van der Waals surface area contributed by atoms with Crippen LogP contribution in [0.25, 0.3) is 0 Å². The van der Waals surface area contributed by atoms with Crippen LogP contribution in [0.2, 0.25) is 0 Å². The van der Waals surface area contributed by atoms with Crippen molar-refractivity contribution in [3.8, 4) is 0 Å². The molecule has 0 unspecified atom stereocenters. The van der Waals surface area contributed by atoms with Crippen molar-refractivity contribution in [2.45, 2.75) is 31.3 Å². The lowest BCUT2D eigenvalue weighted by Crippen LogP contribution is -2.44. The van der Waals surface area contributed by atoms with E-state index < -0.39 is 0 Å². The van der Waals surface area contributed by atoms with Crippen LogP contribution in [-0.4, -0.2) is 50.6 Å². The van der Waals surface area contributed by atoms with Crippen LogP contribution in [0.3, 0.4) is 0 Å². The van der Waals surface area contributed by atoms with Gasteiger partial charge in [0.25, 0.3) is 5.91 Å². The Morgan fingerprint density at radius 1 is 1.20 bits per heavy atom. The van der Waals surface area contributed by atoms with E-state index in [9.17, 15) is 4.79 Å². The predicted molar refractivity (Wildman–Crippen MR) is 72.7 cm³/mol. The van der Waals surface area contributed by atoms with E-state index in [2.05, 4.69) is 5.32 Å². The SMILES string of the molecule is CO[C@@H]1CO[C@H]2[C@@H]1OC[C@@H]2NC(=O)c1ccc(C)cc1. The smallest absolute Gasteiger partial charge is 0.251 e. The average Bonchev–Trinajstić information content (AvgIpc) is 3.02. The summed E-state index contributed by atoms with van der Waals surface area (Å²) in [6, 6.07) is 7.39. The fourth-order valence-corrected chi connectivity index (χ4v) is 2.75. The summed E-state index contributed by atoms with van der Waals surface area (Å²) >= 11 is 0. The number of carbonyl (C=O) groups is 1. The maximum Gasteiger partial charge on any atom is 0.251 e. The minimum absolute atomic E-state index is 0.0405. The van der Waals surface area contributed by atoms with Gasteiger partial charge in [0.1, 0.15) is 18.3 Å². The Bertz CT molecular complexity index is 487. The summed E-state index contributed by atoms with van der Waals surface area (Å²) < 4.78 is 16.7. The summed E-state index contributed by atoms with van der Waals surface area (Å²) in [5.41, 5.74) is 1.79. The van der Waals surface area contributed by atoms with E-state index >= 15 is 0 Å². The molecule has 1 amide bonds. The molecule has 1 aromatic rings. The molecule has 2 aliphatic heterocycles. The number of hydrogen-bond acceptors (Lipinski definition) is 4. The number of nitrogens with one attached hydrogen (secondary N) is 1. The normalized spacial score (nSPS) is 32.1. The van der Waals surface area contributed by atoms with Crippen molar-refractivity contribution < 1.29 is 19.0 Å². The van der Waals surface area contributed by atoms with Crippen molar-refractivity contribution in [2.24, 2.45) is 0 Å². The first-order chi connectivity index (χ1) is 9.69. The zero-order valence-corrected chi connectivity index (χ0v) is 11.7. The summed E-state index contributed by atoms with van der Waals surface area (Å²) in [6.07, 6.45) is -0.237. The number of ether oxygens (including phenoxy) is 3. The molecule has 108 valence electrons. The van der Waals surface area contributed by atoms with Crippen molar-refractivity contribution in [1.82, 2.24) is 5.32 Å². The highest BCUT2D eigenvalue weighted by molar-refractivity contribution is 5.94. The predicted octanol–water partition coefficient (Wildman–Crippen LogP) is 0.906.